The molecular formula is C23H24N2O3. The summed E-state index contributed by atoms with van der Waals surface area (Å²) in [4.78, 5) is 15.0. The molecule has 2 heterocycles. The molecule has 1 N–H and O–H groups in total. The van der Waals surface area contributed by atoms with E-state index in [1.807, 2.05) is 47.4 Å². The standard InChI is InChI=1S/C23H24N2O3/c26-20-11-6-7-17(15-20)12-13-19-10-4-5-14-25(19)23(27)21-16-22(28-24-21)18-8-2-1-3-9-18/h1-3,6-9,11,15-16,19,26H,4-5,10,12-14H2. The number of likely N-dealkylation sites (tertiary alicyclic amines) is 1. The minimum Gasteiger partial charge on any atom is -0.508 e. The molecule has 144 valence electrons. The Balaban J connectivity index is 1.46. The normalized spacial score (nSPS) is 16.9. The molecule has 1 aromatic heterocycles. The van der Waals surface area contributed by atoms with E-state index in [9.17, 15) is 9.90 Å². The second kappa shape index (κ2) is 8.30. The summed E-state index contributed by atoms with van der Waals surface area (Å²) in [5.74, 6) is 0.828. The summed E-state index contributed by atoms with van der Waals surface area (Å²) in [6, 6.07) is 18.9. The van der Waals surface area contributed by atoms with Crippen molar-refractivity contribution in [3.8, 4) is 17.1 Å². The summed E-state index contributed by atoms with van der Waals surface area (Å²) in [6.45, 7) is 0.747. The van der Waals surface area contributed by atoms with Gasteiger partial charge >= 0.3 is 0 Å². The van der Waals surface area contributed by atoms with Crippen molar-refractivity contribution in [2.45, 2.75) is 38.1 Å². The number of phenols is 1. The van der Waals surface area contributed by atoms with Gasteiger partial charge in [-0.05, 0) is 49.8 Å². The summed E-state index contributed by atoms with van der Waals surface area (Å²) in [5.41, 5.74) is 2.36. The zero-order valence-electron chi connectivity index (χ0n) is 15.8. The van der Waals surface area contributed by atoms with E-state index in [0.29, 0.717) is 11.5 Å². The van der Waals surface area contributed by atoms with Crippen LogP contribution in [-0.4, -0.2) is 33.7 Å². The monoisotopic (exact) mass is 376 g/mol. The van der Waals surface area contributed by atoms with Crippen LogP contribution < -0.4 is 0 Å². The highest BCUT2D eigenvalue weighted by Gasteiger charge is 2.29. The Morgan fingerprint density at radius 3 is 2.79 bits per heavy atom. The molecule has 5 heteroatoms. The predicted molar refractivity (Wildman–Crippen MR) is 107 cm³/mol. The van der Waals surface area contributed by atoms with Crippen molar-refractivity contribution in [3.63, 3.8) is 0 Å². The Kier molecular flexibility index (Phi) is 5.42. The lowest BCUT2D eigenvalue weighted by atomic mass is 9.95. The molecule has 4 rings (SSSR count). The van der Waals surface area contributed by atoms with Crippen LogP contribution in [0.25, 0.3) is 11.3 Å². The second-order valence-electron chi connectivity index (χ2n) is 7.30. The molecule has 1 fully saturated rings. The van der Waals surface area contributed by atoms with E-state index in [1.54, 1.807) is 18.2 Å². The van der Waals surface area contributed by atoms with Gasteiger partial charge in [-0.15, -0.1) is 0 Å². The van der Waals surface area contributed by atoms with Gasteiger partial charge in [0.15, 0.2) is 11.5 Å². The van der Waals surface area contributed by atoms with Crippen LogP contribution in [0.2, 0.25) is 0 Å². The fourth-order valence-electron chi connectivity index (χ4n) is 3.87. The Morgan fingerprint density at radius 2 is 1.96 bits per heavy atom. The maximum atomic E-state index is 13.1. The lowest BCUT2D eigenvalue weighted by Gasteiger charge is -2.35. The van der Waals surface area contributed by atoms with Crippen LogP contribution in [0.5, 0.6) is 5.75 Å². The van der Waals surface area contributed by atoms with Crippen LogP contribution in [0.15, 0.2) is 65.2 Å². The van der Waals surface area contributed by atoms with Gasteiger partial charge in [-0.25, -0.2) is 0 Å². The highest BCUT2D eigenvalue weighted by atomic mass is 16.5. The molecule has 28 heavy (non-hydrogen) atoms. The number of aromatic hydroxyl groups is 1. The minimum absolute atomic E-state index is 0.0634. The van der Waals surface area contributed by atoms with Gasteiger partial charge in [0, 0.05) is 24.2 Å². The SMILES string of the molecule is O=C(c1cc(-c2ccccc2)on1)N1CCCCC1CCc1cccc(O)c1. The number of phenolic OH excluding ortho intramolecular Hbond substituents is 1. The van der Waals surface area contributed by atoms with Crippen molar-refractivity contribution >= 4 is 5.91 Å². The van der Waals surface area contributed by atoms with Gasteiger partial charge in [-0.1, -0.05) is 47.6 Å². The second-order valence-corrected chi connectivity index (χ2v) is 7.30. The van der Waals surface area contributed by atoms with Crippen LogP contribution in [0.1, 0.15) is 41.7 Å². The number of hydrogen-bond donors (Lipinski definition) is 1. The molecule has 1 amide bonds. The van der Waals surface area contributed by atoms with Crippen molar-refractivity contribution in [1.29, 1.82) is 0 Å². The first-order valence-corrected chi connectivity index (χ1v) is 9.82. The van der Waals surface area contributed by atoms with Gasteiger partial charge in [0.2, 0.25) is 0 Å². The summed E-state index contributed by atoms with van der Waals surface area (Å²) in [6.07, 6.45) is 4.84. The number of amides is 1. The Morgan fingerprint density at radius 1 is 1.11 bits per heavy atom. The Hall–Kier alpha value is -3.08. The summed E-state index contributed by atoms with van der Waals surface area (Å²) < 4.78 is 5.42. The molecule has 1 unspecified atom stereocenters. The van der Waals surface area contributed by atoms with Gasteiger partial charge in [0.05, 0.1) is 0 Å². The van der Waals surface area contributed by atoms with Gasteiger partial charge < -0.3 is 14.5 Å². The third kappa shape index (κ3) is 4.09. The van der Waals surface area contributed by atoms with Crippen molar-refractivity contribution in [2.24, 2.45) is 0 Å². The molecule has 0 radical (unpaired) electrons. The van der Waals surface area contributed by atoms with Crippen LogP contribution in [0, 0.1) is 0 Å². The number of piperidine rings is 1. The average molecular weight is 376 g/mol. The molecule has 1 saturated heterocycles. The number of aromatic nitrogens is 1. The molecule has 2 aromatic carbocycles. The quantitative estimate of drug-likeness (QED) is 0.702. The van der Waals surface area contributed by atoms with Crippen molar-refractivity contribution in [1.82, 2.24) is 10.1 Å². The lowest BCUT2D eigenvalue weighted by molar-refractivity contribution is 0.0591. The van der Waals surface area contributed by atoms with E-state index in [2.05, 4.69) is 5.16 Å². The minimum atomic E-state index is -0.0634. The van der Waals surface area contributed by atoms with Crippen LogP contribution >= 0.6 is 0 Å². The third-order valence-corrected chi connectivity index (χ3v) is 5.35. The molecule has 1 atom stereocenters. The van der Waals surface area contributed by atoms with E-state index in [4.69, 9.17) is 4.52 Å². The van der Waals surface area contributed by atoms with Crippen LogP contribution in [-0.2, 0) is 6.42 Å². The molecule has 5 nitrogen and oxygen atoms in total. The highest BCUT2D eigenvalue weighted by Crippen LogP contribution is 2.26. The fourth-order valence-corrected chi connectivity index (χ4v) is 3.87. The summed E-state index contributed by atoms with van der Waals surface area (Å²) in [5, 5.41) is 13.7. The Bertz CT molecular complexity index is 936. The zero-order chi connectivity index (χ0) is 19.3. The van der Waals surface area contributed by atoms with Crippen molar-refractivity contribution in [3.05, 3.63) is 71.9 Å². The van der Waals surface area contributed by atoms with Gasteiger partial charge in [-0.2, -0.15) is 0 Å². The van der Waals surface area contributed by atoms with E-state index in [-0.39, 0.29) is 17.7 Å². The first kappa shape index (κ1) is 18.3. The number of carbonyl (C=O) groups is 1. The number of hydrogen-bond acceptors (Lipinski definition) is 4. The average Bonchev–Trinajstić information content (AvgIpc) is 3.23. The Labute approximate surface area is 164 Å². The van der Waals surface area contributed by atoms with Crippen molar-refractivity contribution < 1.29 is 14.4 Å². The molecule has 3 aromatic rings. The first-order valence-electron chi connectivity index (χ1n) is 9.82. The van der Waals surface area contributed by atoms with Crippen LogP contribution in [0.3, 0.4) is 0 Å². The fraction of sp³-hybridized carbons (Fsp3) is 0.304. The number of benzene rings is 2. The van der Waals surface area contributed by atoms with E-state index >= 15 is 0 Å². The van der Waals surface area contributed by atoms with Crippen molar-refractivity contribution in [2.75, 3.05) is 6.54 Å². The van der Waals surface area contributed by atoms with E-state index in [1.165, 1.54) is 0 Å². The number of carbonyl (C=O) groups excluding carboxylic acids is 1. The molecule has 1 aliphatic heterocycles. The maximum Gasteiger partial charge on any atom is 0.276 e. The van der Waals surface area contributed by atoms with Gasteiger partial charge in [-0.3, -0.25) is 4.79 Å². The number of rotatable bonds is 5. The topological polar surface area (TPSA) is 66.6 Å². The summed E-state index contributed by atoms with van der Waals surface area (Å²) in [7, 11) is 0. The van der Waals surface area contributed by atoms with E-state index < -0.39 is 0 Å². The smallest absolute Gasteiger partial charge is 0.276 e. The maximum absolute atomic E-state index is 13.1. The lowest BCUT2D eigenvalue weighted by Crippen LogP contribution is -2.44. The molecular weight excluding hydrogens is 352 g/mol. The molecule has 0 bridgehead atoms. The van der Waals surface area contributed by atoms with Gasteiger partial charge in [0.1, 0.15) is 5.75 Å². The number of nitrogens with zero attached hydrogens (tertiary/aromatic N) is 2. The zero-order valence-corrected chi connectivity index (χ0v) is 15.8. The predicted octanol–water partition coefficient (Wildman–Crippen LogP) is 4.67. The van der Waals surface area contributed by atoms with Gasteiger partial charge in [0.25, 0.3) is 5.91 Å². The summed E-state index contributed by atoms with van der Waals surface area (Å²) >= 11 is 0. The molecule has 0 aliphatic carbocycles. The molecule has 1 aliphatic rings. The van der Waals surface area contributed by atoms with Crippen LogP contribution in [0.4, 0.5) is 0 Å². The molecule has 0 spiro atoms. The highest BCUT2D eigenvalue weighted by molar-refractivity contribution is 5.93. The van der Waals surface area contributed by atoms with E-state index in [0.717, 1.165) is 49.8 Å². The largest absolute Gasteiger partial charge is 0.508 e. The third-order valence-electron chi connectivity index (χ3n) is 5.35. The first-order chi connectivity index (χ1) is 13.7. The molecule has 0 saturated carbocycles. The number of aryl methyl sites for hydroxylation is 1.